The molecule has 148 valence electrons. The van der Waals surface area contributed by atoms with E-state index in [2.05, 4.69) is 43.9 Å². The third-order valence-electron chi connectivity index (χ3n) is 6.86. The lowest BCUT2D eigenvalue weighted by Crippen LogP contribution is -2.49. The molecule has 3 aliphatic rings. The third kappa shape index (κ3) is 2.69. The van der Waals surface area contributed by atoms with Gasteiger partial charge in [0.05, 0.1) is 0 Å². The van der Waals surface area contributed by atoms with E-state index in [0.29, 0.717) is 17.9 Å². The van der Waals surface area contributed by atoms with Gasteiger partial charge in [-0.2, -0.15) is 0 Å². The number of hydrogen-bond acceptors (Lipinski definition) is 5. The van der Waals surface area contributed by atoms with Crippen molar-refractivity contribution in [3.63, 3.8) is 0 Å². The number of nitrogens with zero attached hydrogens (tertiary/aromatic N) is 4. The molecule has 2 aromatic rings. The van der Waals surface area contributed by atoms with E-state index in [4.69, 9.17) is 0 Å². The number of amides is 1. The fourth-order valence-electron chi connectivity index (χ4n) is 5.59. The van der Waals surface area contributed by atoms with E-state index in [0.717, 1.165) is 50.4 Å². The SMILES string of the molecule is CN(C)c1ncc([C@@H]2C[C@H]3CN(CCc4ccccc4)C(=O)[C@]34CCCN24)s1. The molecule has 1 aromatic carbocycles. The van der Waals surface area contributed by atoms with Gasteiger partial charge in [0.15, 0.2) is 5.13 Å². The Hall–Kier alpha value is -1.92. The summed E-state index contributed by atoms with van der Waals surface area (Å²) in [6, 6.07) is 10.9. The summed E-state index contributed by atoms with van der Waals surface area (Å²) in [6.07, 6.45) is 6.22. The predicted octanol–water partition coefficient (Wildman–Crippen LogP) is 3.19. The van der Waals surface area contributed by atoms with E-state index in [-0.39, 0.29) is 5.54 Å². The summed E-state index contributed by atoms with van der Waals surface area (Å²) in [6.45, 7) is 2.79. The molecule has 0 saturated carbocycles. The van der Waals surface area contributed by atoms with Gasteiger partial charge in [0, 0.05) is 50.2 Å². The summed E-state index contributed by atoms with van der Waals surface area (Å²) in [5.74, 6) is 0.832. The van der Waals surface area contributed by atoms with Crippen molar-refractivity contribution in [2.24, 2.45) is 5.92 Å². The number of carbonyl (C=O) groups excluding carboxylic acids is 1. The average molecular weight is 397 g/mol. The van der Waals surface area contributed by atoms with Crippen LogP contribution in [-0.4, -0.2) is 60.0 Å². The van der Waals surface area contributed by atoms with E-state index >= 15 is 0 Å². The molecule has 0 N–H and O–H groups in total. The summed E-state index contributed by atoms with van der Waals surface area (Å²) in [5, 5.41) is 1.05. The molecule has 0 radical (unpaired) electrons. The smallest absolute Gasteiger partial charge is 0.243 e. The van der Waals surface area contributed by atoms with E-state index in [1.807, 2.05) is 26.4 Å². The van der Waals surface area contributed by atoms with Crippen LogP contribution in [0.1, 0.15) is 35.7 Å². The Morgan fingerprint density at radius 3 is 2.86 bits per heavy atom. The minimum absolute atomic E-state index is 0.246. The van der Waals surface area contributed by atoms with Gasteiger partial charge in [0.1, 0.15) is 5.54 Å². The number of thiazole rings is 1. The van der Waals surface area contributed by atoms with Crippen LogP contribution in [0.3, 0.4) is 0 Å². The summed E-state index contributed by atoms with van der Waals surface area (Å²) in [4.78, 5) is 26.2. The minimum atomic E-state index is -0.246. The fraction of sp³-hybridized carbons (Fsp3) is 0.545. The second-order valence-electron chi connectivity index (χ2n) is 8.60. The Morgan fingerprint density at radius 2 is 2.11 bits per heavy atom. The normalized spacial score (nSPS) is 29.4. The van der Waals surface area contributed by atoms with Gasteiger partial charge >= 0.3 is 0 Å². The lowest BCUT2D eigenvalue weighted by molar-refractivity contribution is -0.136. The van der Waals surface area contributed by atoms with Crippen LogP contribution in [0, 0.1) is 5.92 Å². The molecule has 3 saturated heterocycles. The van der Waals surface area contributed by atoms with Gasteiger partial charge in [-0.3, -0.25) is 9.69 Å². The quantitative estimate of drug-likeness (QED) is 0.778. The first kappa shape index (κ1) is 18.1. The highest BCUT2D eigenvalue weighted by molar-refractivity contribution is 7.15. The van der Waals surface area contributed by atoms with Gasteiger partial charge in [-0.25, -0.2) is 4.98 Å². The first-order chi connectivity index (χ1) is 13.6. The summed E-state index contributed by atoms with van der Waals surface area (Å²) < 4.78 is 0. The molecule has 1 amide bonds. The van der Waals surface area contributed by atoms with Crippen LogP contribution in [-0.2, 0) is 11.2 Å². The van der Waals surface area contributed by atoms with Crippen molar-refractivity contribution in [2.45, 2.75) is 37.3 Å². The van der Waals surface area contributed by atoms with Crippen LogP contribution in [0.5, 0.6) is 0 Å². The third-order valence-corrected chi connectivity index (χ3v) is 8.13. The van der Waals surface area contributed by atoms with Gasteiger partial charge in [-0.05, 0) is 37.8 Å². The Balaban J connectivity index is 1.35. The molecule has 5 nitrogen and oxygen atoms in total. The monoisotopic (exact) mass is 396 g/mol. The first-order valence-corrected chi connectivity index (χ1v) is 11.1. The molecule has 0 aliphatic carbocycles. The predicted molar refractivity (Wildman–Crippen MR) is 113 cm³/mol. The molecule has 3 atom stereocenters. The number of anilines is 1. The molecule has 0 unspecified atom stereocenters. The molecule has 0 bridgehead atoms. The Morgan fingerprint density at radius 1 is 1.29 bits per heavy atom. The lowest BCUT2D eigenvalue weighted by atomic mass is 9.85. The summed E-state index contributed by atoms with van der Waals surface area (Å²) in [5.41, 5.74) is 1.07. The van der Waals surface area contributed by atoms with Crippen LogP contribution in [0.15, 0.2) is 36.5 Å². The van der Waals surface area contributed by atoms with E-state index in [1.54, 1.807) is 11.3 Å². The number of benzene rings is 1. The van der Waals surface area contributed by atoms with Gasteiger partial charge in [0.25, 0.3) is 0 Å². The molecule has 3 aliphatic heterocycles. The number of likely N-dealkylation sites (tertiary alicyclic amines) is 1. The molecule has 5 rings (SSSR count). The van der Waals surface area contributed by atoms with Crippen molar-refractivity contribution < 1.29 is 4.79 Å². The molecule has 3 fully saturated rings. The standard InChI is InChI=1S/C22H28N4OS/c1-24(2)21-23-14-19(28-21)18-13-17-15-25(12-9-16-7-4-3-5-8-16)20(27)22(17)10-6-11-26(18)22/h3-5,7-8,14,17-18H,6,9-13,15H2,1-2H3/t17-,18-,22-/m0/s1. The van der Waals surface area contributed by atoms with Crippen LogP contribution in [0.25, 0.3) is 0 Å². The second-order valence-corrected chi connectivity index (χ2v) is 9.64. The molecular formula is C22H28N4OS. The van der Waals surface area contributed by atoms with Crippen molar-refractivity contribution in [2.75, 3.05) is 38.6 Å². The highest BCUT2D eigenvalue weighted by Crippen LogP contribution is 2.56. The van der Waals surface area contributed by atoms with Crippen molar-refractivity contribution >= 4 is 22.4 Å². The van der Waals surface area contributed by atoms with Gasteiger partial charge < -0.3 is 9.80 Å². The topological polar surface area (TPSA) is 39.7 Å². The zero-order chi connectivity index (χ0) is 19.3. The number of rotatable bonds is 5. The second kappa shape index (κ2) is 6.85. The summed E-state index contributed by atoms with van der Waals surface area (Å²) >= 11 is 1.78. The van der Waals surface area contributed by atoms with E-state index < -0.39 is 0 Å². The van der Waals surface area contributed by atoms with Gasteiger partial charge in [-0.1, -0.05) is 30.3 Å². The molecule has 1 spiro atoms. The van der Waals surface area contributed by atoms with Crippen LogP contribution >= 0.6 is 11.3 Å². The van der Waals surface area contributed by atoms with E-state index in [9.17, 15) is 4.79 Å². The maximum atomic E-state index is 13.6. The minimum Gasteiger partial charge on any atom is -0.354 e. The van der Waals surface area contributed by atoms with Gasteiger partial charge in [-0.15, -0.1) is 11.3 Å². The van der Waals surface area contributed by atoms with E-state index in [1.165, 1.54) is 10.4 Å². The number of aromatic nitrogens is 1. The molecular weight excluding hydrogens is 368 g/mol. The van der Waals surface area contributed by atoms with Crippen LogP contribution < -0.4 is 4.90 Å². The maximum Gasteiger partial charge on any atom is 0.243 e. The number of carbonyl (C=O) groups is 1. The molecule has 4 heterocycles. The highest BCUT2D eigenvalue weighted by Gasteiger charge is 2.65. The first-order valence-electron chi connectivity index (χ1n) is 10.3. The van der Waals surface area contributed by atoms with Crippen molar-refractivity contribution in [3.05, 3.63) is 47.0 Å². The Labute approximate surface area is 171 Å². The zero-order valence-corrected chi connectivity index (χ0v) is 17.5. The number of hydrogen-bond donors (Lipinski definition) is 0. The molecule has 28 heavy (non-hydrogen) atoms. The fourth-order valence-corrected chi connectivity index (χ4v) is 6.55. The lowest BCUT2D eigenvalue weighted by Gasteiger charge is -2.33. The largest absolute Gasteiger partial charge is 0.354 e. The Bertz CT molecular complexity index is 866. The van der Waals surface area contributed by atoms with Crippen molar-refractivity contribution in [3.8, 4) is 0 Å². The Kier molecular flexibility index (Phi) is 4.43. The maximum absolute atomic E-state index is 13.6. The van der Waals surface area contributed by atoms with Crippen molar-refractivity contribution in [1.82, 2.24) is 14.8 Å². The molecule has 1 aromatic heterocycles. The zero-order valence-electron chi connectivity index (χ0n) is 16.7. The van der Waals surface area contributed by atoms with Crippen molar-refractivity contribution in [1.29, 1.82) is 0 Å². The summed E-state index contributed by atoms with van der Waals surface area (Å²) in [7, 11) is 4.08. The molecule has 6 heteroatoms. The van der Waals surface area contributed by atoms with Gasteiger partial charge in [0.2, 0.25) is 5.91 Å². The average Bonchev–Trinajstić information content (AvgIpc) is 3.44. The highest BCUT2D eigenvalue weighted by atomic mass is 32.1. The van der Waals surface area contributed by atoms with Crippen LogP contribution in [0.4, 0.5) is 5.13 Å². The van der Waals surface area contributed by atoms with Crippen LogP contribution in [0.2, 0.25) is 0 Å².